The van der Waals surface area contributed by atoms with E-state index in [0.717, 1.165) is 21.9 Å². The Morgan fingerprint density at radius 2 is 0.667 bits per heavy atom. The van der Waals surface area contributed by atoms with Crippen molar-refractivity contribution >= 4 is 96.5 Å². The van der Waals surface area contributed by atoms with Crippen molar-refractivity contribution in [2.45, 2.75) is 0 Å². The molecule has 2 heteroatoms. The molecule has 2 aromatic heterocycles. The average molecular weight is 855 g/mol. The topological polar surface area (TPSA) is 13.1 Å². The quantitative estimate of drug-likeness (QED) is 0.157. The van der Waals surface area contributed by atoms with E-state index in [0.29, 0.717) is 0 Å². The van der Waals surface area contributed by atoms with Crippen LogP contribution in [0.25, 0.3) is 141 Å². The summed E-state index contributed by atoms with van der Waals surface area (Å²) in [6, 6.07) is 84.6. The number of furan rings is 1. The first kappa shape index (κ1) is 37.1. The maximum absolute atomic E-state index is 6.46. The second kappa shape index (κ2) is 14.6. The van der Waals surface area contributed by atoms with E-state index >= 15 is 0 Å². The number of hydrogen-bond donors (Lipinski definition) is 0. The van der Waals surface area contributed by atoms with Crippen molar-refractivity contribution in [2.24, 2.45) is 0 Å². The molecule has 0 unspecified atom stereocenters. The molecule has 0 fully saturated rings. The summed E-state index contributed by atoms with van der Waals surface area (Å²) in [7, 11) is 0. The van der Waals surface area contributed by atoms with Crippen LogP contribution in [0, 0.1) is 0 Å². The van der Waals surface area contributed by atoms with Crippen LogP contribution in [-0.4, -0.2) is 0 Å². The van der Waals surface area contributed by atoms with Crippen molar-refractivity contribution in [3.8, 4) is 55.6 Å². The maximum Gasteiger partial charge on any atom is 0.135 e. The van der Waals surface area contributed by atoms with E-state index in [1.165, 1.54) is 119 Å². The predicted molar refractivity (Wildman–Crippen MR) is 284 cm³/mol. The third-order valence-corrected chi connectivity index (χ3v) is 15.1. The van der Waals surface area contributed by atoms with Crippen LogP contribution in [-0.2, 0) is 0 Å². The smallest absolute Gasteiger partial charge is 0.135 e. The molecule has 0 spiro atoms. The van der Waals surface area contributed by atoms with Crippen molar-refractivity contribution in [1.82, 2.24) is 0 Å². The van der Waals surface area contributed by atoms with Crippen molar-refractivity contribution in [1.29, 1.82) is 0 Å². The molecule has 0 saturated carbocycles. The fraction of sp³-hybridized carbons (Fsp3) is 0. The first-order chi connectivity index (χ1) is 32.8. The molecule has 12 aromatic carbocycles. The highest BCUT2D eigenvalue weighted by Gasteiger charge is 2.23. The van der Waals surface area contributed by atoms with Gasteiger partial charge in [0, 0.05) is 36.5 Å². The highest BCUT2D eigenvalue weighted by molar-refractivity contribution is 7.26. The lowest BCUT2D eigenvalue weighted by atomic mass is 9.84. The van der Waals surface area contributed by atoms with Crippen molar-refractivity contribution in [3.63, 3.8) is 0 Å². The predicted octanol–water partition coefficient (Wildman–Crippen LogP) is 18.9. The molecule has 0 aliphatic heterocycles. The number of fused-ring (bicyclic) bond motifs is 10. The minimum atomic E-state index is 0.896. The first-order valence-corrected chi connectivity index (χ1v) is 23.5. The van der Waals surface area contributed by atoms with E-state index in [2.05, 4.69) is 231 Å². The van der Waals surface area contributed by atoms with E-state index in [1.54, 1.807) is 0 Å². The van der Waals surface area contributed by atoms with Gasteiger partial charge in [-0.3, -0.25) is 0 Å². The molecule has 0 radical (unpaired) electrons. The Hall–Kier alpha value is -8.30. The van der Waals surface area contributed by atoms with Gasteiger partial charge in [-0.15, -0.1) is 11.3 Å². The van der Waals surface area contributed by atoms with Crippen molar-refractivity contribution in [3.05, 3.63) is 231 Å². The van der Waals surface area contributed by atoms with Crippen LogP contribution in [0.5, 0.6) is 0 Å². The fourth-order valence-electron chi connectivity index (χ4n) is 11.1. The van der Waals surface area contributed by atoms with Crippen molar-refractivity contribution in [2.75, 3.05) is 0 Å². The van der Waals surface area contributed by atoms with E-state index in [9.17, 15) is 0 Å². The van der Waals surface area contributed by atoms with Crippen LogP contribution in [0.2, 0.25) is 0 Å². The van der Waals surface area contributed by atoms with Crippen LogP contribution < -0.4 is 0 Å². The van der Waals surface area contributed by atoms with E-state index in [-0.39, 0.29) is 0 Å². The normalized spacial score (nSPS) is 11.9. The summed E-state index contributed by atoms with van der Waals surface area (Å²) in [6.07, 6.45) is 0. The summed E-state index contributed by atoms with van der Waals surface area (Å²) in [5.74, 6) is 0. The fourth-order valence-corrected chi connectivity index (χ4v) is 12.3. The number of thiophene rings is 1. The number of rotatable bonds is 5. The molecule has 66 heavy (non-hydrogen) atoms. The molecule has 306 valence electrons. The largest absolute Gasteiger partial charge is 0.456 e. The molecule has 14 rings (SSSR count). The lowest BCUT2D eigenvalue weighted by Crippen LogP contribution is -1.91. The van der Waals surface area contributed by atoms with Gasteiger partial charge < -0.3 is 4.42 Å². The van der Waals surface area contributed by atoms with Crippen molar-refractivity contribution < 1.29 is 4.42 Å². The van der Waals surface area contributed by atoms with Gasteiger partial charge in [-0.1, -0.05) is 200 Å². The third-order valence-electron chi connectivity index (χ3n) is 13.9. The molecule has 1 nitrogen and oxygen atoms in total. The maximum atomic E-state index is 6.46. The monoisotopic (exact) mass is 854 g/mol. The summed E-state index contributed by atoms with van der Waals surface area (Å²) in [5.41, 5.74) is 14.2. The molecule has 0 aliphatic rings. The Labute approximate surface area is 385 Å². The zero-order chi connectivity index (χ0) is 43.3. The van der Waals surface area contributed by atoms with Gasteiger partial charge in [-0.05, 0) is 123 Å². The minimum absolute atomic E-state index is 0.896. The van der Waals surface area contributed by atoms with Gasteiger partial charge in [-0.25, -0.2) is 0 Å². The van der Waals surface area contributed by atoms with Gasteiger partial charge in [-0.2, -0.15) is 0 Å². The number of hydrogen-bond acceptors (Lipinski definition) is 2. The van der Waals surface area contributed by atoms with E-state index in [4.69, 9.17) is 4.42 Å². The van der Waals surface area contributed by atoms with Gasteiger partial charge in [0.05, 0.1) is 0 Å². The second-order valence-electron chi connectivity index (χ2n) is 17.4. The Balaban J connectivity index is 1.01. The van der Waals surface area contributed by atoms with Crippen LogP contribution >= 0.6 is 11.3 Å². The summed E-state index contributed by atoms with van der Waals surface area (Å²) < 4.78 is 9.05. The zero-order valence-corrected chi connectivity index (χ0v) is 36.6. The molecule has 2 heterocycles. The standard InChI is InChI=1S/C64H38OS/c1-3-17-39(18-4-1)41-33-35-56-54(37-41)55-38-42(34-36-57(55)65-56)60-45-23-9-11-25-47(45)61(48-26-12-10-24-46(48)60)51-29-16-32-58-63(51)53-31-15-30-52(64(53)66-58)62-49-27-13-7-21-43(49)59(40-19-5-2-6-20-40)44-22-8-14-28-50(44)62/h1-38H. The Kier molecular flexibility index (Phi) is 8.22. The summed E-state index contributed by atoms with van der Waals surface area (Å²) in [6.45, 7) is 0. The average Bonchev–Trinajstić information content (AvgIpc) is 3.96. The summed E-state index contributed by atoms with van der Waals surface area (Å²) >= 11 is 1.91. The lowest BCUT2D eigenvalue weighted by Gasteiger charge is -2.19. The molecule has 0 amide bonds. The van der Waals surface area contributed by atoms with Gasteiger partial charge in [0.2, 0.25) is 0 Å². The molecular formula is C64H38OS. The second-order valence-corrected chi connectivity index (χ2v) is 18.5. The van der Waals surface area contributed by atoms with E-state index < -0.39 is 0 Å². The molecule has 0 atom stereocenters. The summed E-state index contributed by atoms with van der Waals surface area (Å²) in [5, 5.41) is 14.9. The Morgan fingerprint density at radius 1 is 0.258 bits per heavy atom. The molecule has 0 bridgehead atoms. The Morgan fingerprint density at radius 3 is 1.23 bits per heavy atom. The van der Waals surface area contributed by atoms with Gasteiger partial charge in [0.25, 0.3) is 0 Å². The van der Waals surface area contributed by atoms with Gasteiger partial charge in [0.1, 0.15) is 11.2 Å². The molecule has 0 N–H and O–H groups in total. The van der Waals surface area contributed by atoms with Gasteiger partial charge >= 0.3 is 0 Å². The van der Waals surface area contributed by atoms with Crippen LogP contribution in [0.3, 0.4) is 0 Å². The van der Waals surface area contributed by atoms with Crippen LogP contribution in [0.15, 0.2) is 235 Å². The van der Waals surface area contributed by atoms with E-state index in [1.807, 2.05) is 11.3 Å². The van der Waals surface area contributed by atoms with Crippen LogP contribution in [0.1, 0.15) is 0 Å². The SMILES string of the molecule is c1ccc(-c2ccc3oc4ccc(-c5c6ccccc6c(-c6cccc7sc8c(-c9c%10ccccc%10c(-c%10ccccc%10)c%10ccccc9%10)cccc8c67)c6ccccc56)cc4c3c2)cc1. The number of benzene rings is 12. The highest BCUT2D eigenvalue weighted by atomic mass is 32.1. The van der Waals surface area contributed by atoms with Gasteiger partial charge in [0.15, 0.2) is 0 Å². The lowest BCUT2D eigenvalue weighted by molar-refractivity contribution is 0.669. The first-order valence-electron chi connectivity index (χ1n) is 22.7. The third kappa shape index (κ3) is 5.52. The summed E-state index contributed by atoms with van der Waals surface area (Å²) in [4.78, 5) is 0. The minimum Gasteiger partial charge on any atom is -0.456 e. The molecule has 0 aliphatic carbocycles. The van der Waals surface area contributed by atoms with Crippen LogP contribution in [0.4, 0.5) is 0 Å². The molecular weight excluding hydrogens is 817 g/mol. The Bertz CT molecular complexity index is 4160. The highest BCUT2D eigenvalue weighted by Crippen LogP contribution is 2.52. The molecule has 14 aromatic rings. The molecule has 0 saturated heterocycles. The zero-order valence-electron chi connectivity index (χ0n) is 35.8.